The molecule has 1 aromatic heterocycles. The molecule has 0 amide bonds. The predicted octanol–water partition coefficient (Wildman–Crippen LogP) is 4.26. The van der Waals surface area contributed by atoms with E-state index in [1.54, 1.807) is 0 Å². The predicted molar refractivity (Wildman–Crippen MR) is 83.5 cm³/mol. The lowest BCUT2D eigenvalue weighted by Crippen LogP contribution is -2.00. The van der Waals surface area contributed by atoms with Crippen LogP contribution in [0.4, 0.5) is 0 Å². The molecular formula is C16H18BrNO2. The fraction of sp³-hybridized carbons (Fsp3) is 0.312. The zero-order valence-corrected chi connectivity index (χ0v) is 13.3. The van der Waals surface area contributed by atoms with Crippen molar-refractivity contribution in [3.63, 3.8) is 0 Å². The Morgan fingerprint density at radius 1 is 1.05 bits per heavy atom. The van der Waals surface area contributed by atoms with Crippen LogP contribution in [0.2, 0.25) is 0 Å². The highest BCUT2D eigenvalue weighted by Gasteiger charge is 2.07. The molecule has 1 aromatic carbocycles. The monoisotopic (exact) mass is 335 g/mol. The number of aryl methyl sites for hydroxylation is 1. The Kier molecular flexibility index (Phi) is 5.41. The van der Waals surface area contributed by atoms with Crippen LogP contribution in [-0.4, -0.2) is 11.6 Å². The zero-order chi connectivity index (χ0) is 14.4. The molecule has 0 aliphatic rings. The lowest BCUT2D eigenvalue weighted by atomic mass is 10.2. The smallest absolute Gasteiger partial charge is 0.161 e. The third-order valence-corrected chi connectivity index (χ3v) is 3.44. The minimum atomic E-state index is 0.489. The summed E-state index contributed by atoms with van der Waals surface area (Å²) in [6.07, 6.45) is 3.65. The van der Waals surface area contributed by atoms with Gasteiger partial charge in [-0.25, -0.2) is 0 Å². The van der Waals surface area contributed by atoms with E-state index in [2.05, 4.69) is 27.0 Å². The molecule has 0 aliphatic carbocycles. The average molecular weight is 336 g/mol. The molecule has 2 aromatic rings. The van der Waals surface area contributed by atoms with Crippen molar-refractivity contribution in [2.75, 3.05) is 6.61 Å². The van der Waals surface area contributed by atoms with Gasteiger partial charge >= 0.3 is 0 Å². The van der Waals surface area contributed by atoms with E-state index in [0.29, 0.717) is 13.2 Å². The molecular weight excluding hydrogens is 318 g/mol. The summed E-state index contributed by atoms with van der Waals surface area (Å²) >= 11 is 3.45. The van der Waals surface area contributed by atoms with E-state index in [1.807, 2.05) is 44.4 Å². The molecule has 0 fully saturated rings. The number of benzene rings is 1. The first-order valence-electron chi connectivity index (χ1n) is 6.58. The third-order valence-electron chi connectivity index (χ3n) is 2.79. The van der Waals surface area contributed by atoms with E-state index in [-0.39, 0.29) is 0 Å². The molecule has 0 saturated carbocycles. The second kappa shape index (κ2) is 7.29. The maximum absolute atomic E-state index is 5.85. The lowest BCUT2D eigenvalue weighted by Gasteiger charge is -2.13. The number of rotatable bonds is 6. The molecule has 0 unspecified atom stereocenters. The van der Waals surface area contributed by atoms with Gasteiger partial charge in [-0.3, -0.25) is 4.98 Å². The normalized spacial score (nSPS) is 10.3. The van der Waals surface area contributed by atoms with E-state index in [4.69, 9.17) is 9.47 Å². The van der Waals surface area contributed by atoms with Gasteiger partial charge in [0.05, 0.1) is 6.61 Å². The van der Waals surface area contributed by atoms with E-state index in [9.17, 15) is 0 Å². The topological polar surface area (TPSA) is 31.4 Å². The summed E-state index contributed by atoms with van der Waals surface area (Å²) in [5.74, 6) is 1.54. The number of alkyl halides is 1. The number of halogens is 1. The van der Waals surface area contributed by atoms with Crippen LogP contribution in [0.15, 0.2) is 36.7 Å². The van der Waals surface area contributed by atoms with Gasteiger partial charge in [-0.2, -0.15) is 0 Å². The van der Waals surface area contributed by atoms with Crippen LogP contribution in [0, 0.1) is 6.92 Å². The molecule has 0 atom stereocenters. The molecule has 0 radical (unpaired) electrons. The molecule has 0 spiro atoms. The highest BCUT2D eigenvalue weighted by Crippen LogP contribution is 2.30. The largest absolute Gasteiger partial charge is 0.490 e. The maximum Gasteiger partial charge on any atom is 0.161 e. The standard InChI is InChI=1S/C16H18BrNO2/c1-3-19-16-7-13(8-17)4-5-15(16)20-11-14-6-12(2)9-18-10-14/h4-7,9-10H,3,8,11H2,1-2H3. The number of pyridine rings is 1. The van der Waals surface area contributed by atoms with Crippen molar-refractivity contribution in [3.05, 3.63) is 53.3 Å². The highest BCUT2D eigenvalue weighted by molar-refractivity contribution is 9.08. The first-order chi connectivity index (χ1) is 9.72. The Hall–Kier alpha value is -1.55. The summed E-state index contributed by atoms with van der Waals surface area (Å²) in [5.41, 5.74) is 3.35. The summed E-state index contributed by atoms with van der Waals surface area (Å²) in [4.78, 5) is 4.17. The Morgan fingerprint density at radius 2 is 1.90 bits per heavy atom. The molecule has 20 heavy (non-hydrogen) atoms. The van der Waals surface area contributed by atoms with Crippen LogP contribution in [0.5, 0.6) is 11.5 Å². The van der Waals surface area contributed by atoms with Crippen LogP contribution in [0.25, 0.3) is 0 Å². The lowest BCUT2D eigenvalue weighted by molar-refractivity contribution is 0.269. The van der Waals surface area contributed by atoms with E-state index in [0.717, 1.165) is 33.5 Å². The summed E-state index contributed by atoms with van der Waals surface area (Å²) in [5, 5.41) is 0.801. The van der Waals surface area contributed by atoms with E-state index < -0.39 is 0 Å². The van der Waals surface area contributed by atoms with Gasteiger partial charge in [0.15, 0.2) is 11.5 Å². The van der Waals surface area contributed by atoms with Crippen LogP contribution in [-0.2, 0) is 11.9 Å². The number of ether oxygens (including phenoxy) is 2. The fourth-order valence-electron chi connectivity index (χ4n) is 1.88. The van der Waals surface area contributed by atoms with Gasteiger partial charge in [0.1, 0.15) is 6.61 Å². The Balaban J connectivity index is 2.12. The van der Waals surface area contributed by atoms with Crippen molar-refractivity contribution in [3.8, 4) is 11.5 Å². The molecule has 0 saturated heterocycles. The highest BCUT2D eigenvalue weighted by atomic mass is 79.9. The minimum absolute atomic E-state index is 0.489. The van der Waals surface area contributed by atoms with E-state index >= 15 is 0 Å². The minimum Gasteiger partial charge on any atom is -0.490 e. The first kappa shape index (κ1) is 14.9. The molecule has 0 bridgehead atoms. The maximum atomic E-state index is 5.85. The molecule has 2 rings (SSSR count). The third kappa shape index (κ3) is 3.97. The second-order valence-electron chi connectivity index (χ2n) is 4.51. The van der Waals surface area contributed by atoms with E-state index in [1.165, 1.54) is 0 Å². The summed E-state index contributed by atoms with van der Waals surface area (Å²) in [6, 6.07) is 8.05. The van der Waals surface area contributed by atoms with Crippen LogP contribution < -0.4 is 9.47 Å². The first-order valence-corrected chi connectivity index (χ1v) is 7.70. The van der Waals surface area contributed by atoms with Gasteiger partial charge in [-0.1, -0.05) is 22.0 Å². The molecule has 0 N–H and O–H groups in total. The molecule has 4 heteroatoms. The van der Waals surface area contributed by atoms with Gasteiger partial charge < -0.3 is 9.47 Å². The Bertz CT molecular complexity index is 572. The van der Waals surface area contributed by atoms with Crippen LogP contribution in [0.1, 0.15) is 23.6 Å². The number of hydrogen-bond donors (Lipinski definition) is 0. The number of nitrogens with zero attached hydrogens (tertiary/aromatic N) is 1. The summed E-state index contributed by atoms with van der Waals surface area (Å²) in [7, 11) is 0. The Labute approximate surface area is 128 Å². The van der Waals surface area contributed by atoms with Gasteiger partial charge in [0.25, 0.3) is 0 Å². The molecule has 1 heterocycles. The summed E-state index contributed by atoms with van der Waals surface area (Å²) < 4.78 is 11.5. The van der Waals surface area contributed by atoms with Crippen molar-refractivity contribution >= 4 is 15.9 Å². The average Bonchev–Trinajstić information content (AvgIpc) is 2.46. The quantitative estimate of drug-likeness (QED) is 0.739. The van der Waals surface area contributed by atoms with Crippen molar-refractivity contribution < 1.29 is 9.47 Å². The molecule has 0 aliphatic heterocycles. The van der Waals surface area contributed by atoms with Gasteiger partial charge in [-0.05, 0) is 43.2 Å². The second-order valence-corrected chi connectivity index (χ2v) is 5.07. The fourth-order valence-corrected chi connectivity index (χ4v) is 2.23. The van der Waals surface area contributed by atoms with Crippen LogP contribution in [0.3, 0.4) is 0 Å². The number of aromatic nitrogens is 1. The summed E-state index contributed by atoms with van der Waals surface area (Å²) in [6.45, 7) is 5.10. The SMILES string of the molecule is CCOc1cc(CBr)ccc1OCc1cncc(C)c1. The number of hydrogen-bond acceptors (Lipinski definition) is 3. The zero-order valence-electron chi connectivity index (χ0n) is 11.7. The van der Waals surface area contributed by atoms with Gasteiger partial charge in [0, 0.05) is 23.3 Å². The Morgan fingerprint density at radius 3 is 2.60 bits per heavy atom. The molecule has 106 valence electrons. The van der Waals surface area contributed by atoms with Gasteiger partial charge in [0.2, 0.25) is 0 Å². The van der Waals surface area contributed by atoms with Crippen molar-refractivity contribution in [2.45, 2.75) is 25.8 Å². The van der Waals surface area contributed by atoms with Crippen LogP contribution >= 0.6 is 15.9 Å². The van der Waals surface area contributed by atoms with Gasteiger partial charge in [-0.15, -0.1) is 0 Å². The van der Waals surface area contributed by atoms with Crippen molar-refractivity contribution in [2.24, 2.45) is 0 Å². The van der Waals surface area contributed by atoms with Crippen molar-refractivity contribution in [1.82, 2.24) is 4.98 Å². The van der Waals surface area contributed by atoms with Crippen molar-refractivity contribution in [1.29, 1.82) is 0 Å². The molecule has 3 nitrogen and oxygen atoms in total.